The summed E-state index contributed by atoms with van der Waals surface area (Å²) in [5.41, 5.74) is 6.38. The van der Waals surface area contributed by atoms with Crippen molar-refractivity contribution in [3.8, 4) is 5.75 Å². The third-order valence-corrected chi connectivity index (χ3v) is 5.31. The van der Waals surface area contributed by atoms with E-state index in [0.717, 1.165) is 0 Å². The molecule has 1 aromatic rings. The number of phenols is 1. The molecule has 0 aliphatic carbocycles. The van der Waals surface area contributed by atoms with Gasteiger partial charge >= 0.3 is 11.9 Å². The first kappa shape index (κ1) is 30.4. The van der Waals surface area contributed by atoms with Crippen LogP contribution in [-0.2, 0) is 30.4 Å². The molecule has 4 unspecified atom stereocenters. The molecule has 200 valence electrons. The van der Waals surface area contributed by atoms with Gasteiger partial charge in [-0.05, 0) is 36.0 Å². The Morgan fingerprint density at radius 1 is 0.833 bits per heavy atom. The van der Waals surface area contributed by atoms with E-state index in [-0.39, 0.29) is 18.1 Å². The van der Waals surface area contributed by atoms with Crippen LogP contribution in [0, 0.1) is 11.8 Å². The minimum absolute atomic E-state index is 0.0177. The van der Waals surface area contributed by atoms with E-state index in [0.29, 0.717) is 12.0 Å². The number of nitrogens with one attached hydrogen (secondary N) is 3. The zero-order valence-electron chi connectivity index (χ0n) is 20.9. The first-order chi connectivity index (χ1) is 16.7. The molecule has 4 atom stereocenters. The lowest BCUT2D eigenvalue weighted by atomic mass is 10.00. The molecule has 1 rings (SSSR count). The van der Waals surface area contributed by atoms with Crippen molar-refractivity contribution in [2.45, 2.75) is 71.1 Å². The van der Waals surface area contributed by atoms with Crippen LogP contribution in [-0.4, -0.2) is 69.1 Å². The number of amides is 3. The molecule has 0 saturated carbocycles. The zero-order valence-corrected chi connectivity index (χ0v) is 20.9. The standard InChI is InChI=1S/C24H36N4O8/c1-12(2)9-16(25)21(32)28-20(13(3)4)23(34)26-17(11-19(30)31)22(33)27-18(24(35)36)10-14-5-7-15(29)8-6-14/h5-8,12-13,16-18,20,29H,9-11,25H2,1-4H3,(H,26,34)(H,27,33)(H,28,32)(H,30,31)(H,35,36). The normalized spacial score (nSPS) is 14.4. The number of rotatable bonds is 14. The molecule has 0 aromatic heterocycles. The molecule has 8 N–H and O–H groups in total. The largest absolute Gasteiger partial charge is 0.508 e. The molecule has 3 amide bonds. The number of carboxylic acids is 2. The lowest BCUT2D eigenvalue weighted by Gasteiger charge is -2.26. The fourth-order valence-corrected chi connectivity index (χ4v) is 3.40. The van der Waals surface area contributed by atoms with Crippen LogP contribution in [0.4, 0.5) is 0 Å². The Morgan fingerprint density at radius 3 is 1.86 bits per heavy atom. The Morgan fingerprint density at radius 2 is 1.39 bits per heavy atom. The minimum Gasteiger partial charge on any atom is -0.508 e. The number of nitrogens with two attached hydrogens (primary N) is 1. The van der Waals surface area contributed by atoms with Gasteiger partial charge in [0.25, 0.3) is 0 Å². The number of carbonyl (C=O) groups excluding carboxylic acids is 3. The second kappa shape index (κ2) is 14.0. The van der Waals surface area contributed by atoms with Gasteiger partial charge < -0.3 is 37.0 Å². The highest BCUT2D eigenvalue weighted by Crippen LogP contribution is 2.12. The average molecular weight is 509 g/mol. The predicted octanol–water partition coefficient (Wildman–Crippen LogP) is -0.0222. The van der Waals surface area contributed by atoms with E-state index in [4.69, 9.17) is 5.73 Å². The van der Waals surface area contributed by atoms with Gasteiger partial charge in [0.2, 0.25) is 17.7 Å². The number of hydrogen-bond donors (Lipinski definition) is 7. The molecule has 0 aliphatic heterocycles. The van der Waals surface area contributed by atoms with Crippen LogP contribution in [0.25, 0.3) is 0 Å². The van der Waals surface area contributed by atoms with Crippen LogP contribution >= 0.6 is 0 Å². The van der Waals surface area contributed by atoms with Crippen molar-refractivity contribution in [2.24, 2.45) is 17.6 Å². The van der Waals surface area contributed by atoms with Crippen LogP contribution in [0.1, 0.15) is 46.1 Å². The Balaban J connectivity index is 2.99. The SMILES string of the molecule is CC(C)CC(N)C(=O)NC(C(=O)NC(CC(=O)O)C(=O)NC(Cc1ccc(O)cc1)C(=O)O)C(C)C. The van der Waals surface area contributed by atoms with Crippen LogP contribution in [0.2, 0.25) is 0 Å². The lowest BCUT2D eigenvalue weighted by Crippen LogP contribution is -2.59. The first-order valence-electron chi connectivity index (χ1n) is 11.6. The highest BCUT2D eigenvalue weighted by molar-refractivity contribution is 5.95. The van der Waals surface area contributed by atoms with E-state index in [1.165, 1.54) is 24.3 Å². The zero-order chi connectivity index (χ0) is 27.6. The van der Waals surface area contributed by atoms with Gasteiger partial charge in [-0.2, -0.15) is 0 Å². The van der Waals surface area contributed by atoms with Crippen LogP contribution in [0.3, 0.4) is 0 Å². The Bertz CT molecular complexity index is 933. The molecular formula is C24H36N4O8. The van der Waals surface area contributed by atoms with E-state index in [2.05, 4.69) is 16.0 Å². The quantitative estimate of drug-likeness (QED) is 0.180. The summed E-state index contributed by atoms with van der Waals surface area (Å²) >= 11 is 0. The predicted molar refractivity (Wildman–Crippen MR) is 130 cm³/mol. The summed E-state index contributed by atoms with van der Waals surface area (Å²) in [5, 5.41) is 35.3. The minimum atomic E-state index is -1.60. The maximum Gasteiger partial charge on any atom is 0.326 e. The summed E-state index contributed by atoms with van der Waals surface area (Å²) in [7, 11) is 0. The number of benzene rings is 1. The summed E-state index contributed by atoms with van der Waals surface area (Å²) in [4.78, 5) is 61.2. The molecule has 0 heterocycles. The van der Waals surface area contributed by atoms with Gasteiger partial charge in [-0.15, -0.1) is 0 Å². The van der Waals surface area contributed by atoms with Crippen molar-refractivity contribution in [3.05, 3.63) is 29.8 Å². The van der Waals surface area contributed by atoms with E-state index in [1.54, 1.807) is 13.8 Å². The number of aliphatic carboxylic acids is 2. The topological polar surface area (TPSA) is 208 Å². The van der Waals surface area contributed by atoms with Crippen LogP contribution < -0.4 is 21.7 Å². The van der Waals surface area contributed by atoms with Gasteiger partial charge in [0.1, 0.15) is 23.9 Å². The fraction of sp³-hybridized carbons (Fsp3) is 0.542. The summed E-state index contributed by atoms with van der Waals surface area (Å²) < 4.78 is 0. The van der Waals surface area contributed by atoms with Crippen LogP contribution in [0.15, 0.2) is 24.3 Å². The van der Waals surface area contributed by atoms with E-state index in [1.807, 2.05) is 13.8 Å². The summed E-state index contributed by atoms with van der Waals surface area (Å²) in [5.74, 6) is -5.44. The smallest absolute Gasteiger partial charge is 0.326 e. The van der Waals surface area contributed by atoms with Crippen molar-refractivity contribution in [3.63, 3.8) is 0 Å². The van der Waals surface area contributed by atoms with Crippen molar-refractivity contribution in [2.75, 3.05) is 0 Å². The van der Waals surface area contributed by atoms with Crippen molar-refractivity contribution >= 4 is 29.7 Å². The van der Waals surface area contributed by atoms with Gasteiger partial charge in [-0.25, -0.2) is 4.79 Å². The molecular weight excluding hydrogens is 472 g/mol. The first-order valence-corrected chi connectivity index (χ1v) is 11.6. The molecule has 12 heteroatoms. The molecule has 36 heavy (non-hydrogen) atoms. The Kier molecular flexibility index (Phi) is 11.8. The molecule has 0 radical (unpaired) electrons. The van der Waals surface area contributed by atoms with Gasteiger partial charge in [0.15, 0.2) is 0 Å². The van der Waals surface area contributed by atoms with Crippen molar-refractivity contribution in [1.29, 1.82) is 0 Å². The number of aromatic hydroxyl groups is 1. The average Bonchev–Trinajstić information content (AvgIpc) is 2.76. The maximum absolute atomic E-state index is 12.9. The summed E-state index contributed by atoms with van der Waals surface area (Å²) in [6.45, 7) is 7.09. The molecule has 1 aromatic carbocycles. The molecule has 12 nitrogen and oxygen atoms in total. The van der Waals surface area contributed by atoms with Gasteiger partial charge in [0.05, 0.1) is 12.5 Å². The molecule has 0 spiro atoms. The highest BCUT2D eigenvalue weighted by atomic mass is 16.4. The van der Waals surface area contributed by atoms with E-state index in [9.17, 15) is 39.3 Å². The van der Waals surface area contributed by atoms with Crippen molar-refractivity contribution in [1.82, 2.24) is 16.0 Å². The third kappa shape index (κ3) is 10.3. The van der Waals surface area contributed by atoms with Crippen LogP contribution in [0.5, 0.6) is 5.75 Å². The molecule has 0 saturated heterocycles. The number of phenolic OH excluding ortho intramolecular Hbond substituents is 1. The third-order valence-electron chi connectivity index (χ3n) is 5.31. The number of carbonyl (C=O) groups is 5. The fourth-order valence-electron chi connectivity index (χ4n) is 3.40. The van der Waals surface area contributed by atoms with Crippen molar-refractivity contribution < 1.29 is 39.3 Å². The molecule has 0 bridgehead atoms. The summed E-state index contributed by atoms with van der Waals surface area (Å²) in [6.07, 6.45) is -0.567. The van der Waals surface area contributed by atoms with E-state index >= 15 is 0 Å². The van der Waals surface area contributed by atoms with Gasteiger partial charge in [-0.3, -0.25) is 19.2 Å². The monoisotopic (exact) mass is 508 g/mol. The maximum atomic E-state index is 12.9. The second-order valence-corrected chi connectivity index (χ2v) is 9.40. The number of carboxylic acid groups (broad SMARTS) is 2. The second-order valence-electron chi connectivity index (χ2n) is 9.40. The van der Waals surface area contributed by atoms with E-state index < -0.39 is 66.2 Å². The molecule has 0 aliphatic rings. The lowest BCUT2D eigenvalue weighted by molar-refractivity contribution is -0.143. The summed E-state index contributed by atoms with van der Waals surface area (Å²) in [6, 6.07) is 0.694. The Labute approximate surface area is 209 Å². The Hall–Kier alpha value is -3.67. The van der Waals surface area contributed by atoms with Gasteiger partial charge in [0, 0.05) is 6.42 Å². The number of hydrogen-bond acceptors (Lipinski definition) is 7. The van der Waals surface area contributed by atoms with Gasteiger partial charge in [-0.1, -0.05) is 39.8 Å². The highest BCUT2D eigenvalue weighted by Gasteiger charge is 2.33. The molecule has 0 fully saturated rings.